The smallest absolute Gasteiger partial charge is 0.437 e. The normalized spacial score (nSPS) is 12.3. The van der Waals surface area contributed by atoms with Crippen molar-refractivity contribution in [1.82, 2.24) is 21.3 Å². The molecule has 0 fully saturated rings. The summed E-state index contributed by atoms with van der Waals surface area (Å²) < 4.78 is 33.1. The van der Waals surface area contributed by atoms with E-state index < -0.39 is 46.8 Å². The van der Waals surface area contributed by atoms with Gasteiger partial charge in [0.25, 0.3) is 0 Å². The Morgan fingerprint density at radius 1 is 0.607 bits per heavy atom. The number of guanidine groups is 2. The van der Waals surface area contributed by atoms with E-state index in [0.29, 0.717) is 16.9 Å². The van der Waals surface area contributed by atoms with Crippen LogP contribution >= 0.6 is 0 Å². The number of nitrogens with zero attached hydrogens (tertiary/aromatic N) is 3. The lowest BCUT2D eigenvalue weighted by atomic mass is 10.0. The summed E-state index contributed by atoms with van der Waals surface area (Å²) in [5, 5.41) is 20.3. The van der Waals surface area contributed by atoms with E-state index in [1.54, 1.807) is 113 Å². The second kappa shape index (κ2) is 20.0. The average molecular weight is 782 g/mol. The molecule has 0 aliphatic rings. The Morgan fingerprint density at radius 2 is 1.04 bits per heavy atom. The van der Waals surface area contributed by atoms with E-state index in [2.05, 4.69) is 37.3 Å². The monoisotopic (exact) mass is 781 g/mol. The largest absolute Gasteiger partial charge is 0.491 e. The van der Waals surface area contributed by atoms with Crippen molar-refractivity contribution in [2.45, 2.75) is 105 Å². The van der Waals surface area contributed by atoms with Gasteiger partial charge in [-0.3, -0.25) is 10.6 Å². The predicted molar refractivity (Wildman–Crippen MR) is 210 cm³/mol. The van der Waals surface area contributed by atoms with Crippen LogP contribution in [0.4, 0.5) is 19.2 Å². The molecule has 4 amide bonds. The number of carbonyl (C=O) groups excluding carboxylic acids is 4. The molecule has 17 heteroatoms. The van der Waals surface area contributed by atoms with E-state index in [1.807, 2.05) is 12.1 Å². The minimum Gasteiger partial charge on any atom is -0.491 e. The second-order valence-electron chi connectivity index (χ2n) is 16.0. The zero-order chi connectivity index (χ0) is 42.3. The zero-order valence-corrected chi connectivity index (χ0v) is 34.3. The van der Waals surface area contributed by atoms with Crippen LogP contribution in [0.15, 0.2) is 52.4 Å². The lowest BCUT2D eigenvalue weighted by Gasteiger charge is -2.21. The van der Waals surface area contributed by atoms with Gasteiger partial charge in [0.2, 0.25) is 11.9 Å². The van der Waals surface area contributed by atoms with Gasteiger partial charge >= 0.3 is 24.4 Å². The Morgan fingerprint density at radius 3 is 1.46 bits per heavy atom. The summed E-state index contributed by atoms with van der Waals surface area (Å²) in [6.45, 7) is 20.5. The van der Waals surface area contributed by atoms with Gasteiger partial charge in [0.1, 0.15) is 53.2 Å². The van der Waals surface area contributed by atoms with Gasteiger partial charge in [-0.15, -0.1) is 9.98 Å². The number of para-hydroxylation sites is 1. The van der Waals surface area contributed by atoms with Gasteiger partial charge in [-0.1, -0.05) is 24.3 Å². The Kier molecular flexibility index (Phi) is 16.5. The number of nitriles is 1. The van der Waals surface area contributed by atoms with Crippen LogP contribution in [0.25, 0.3) is 11.1 Å². The standard InChI is InChI=1S/C39H55N7O10/c1-36(2,3)53-32(47)43-30(44-33(48)54-37(4,5)6)41-19-21-51-28-16-14-13-15-27(28)25-17-18-26(24-40)29(23-25)52-22-20-42-31(45-34(49)55-38(7,8)9)46-35(50)56-39(10,11)12/h13-18,23H,19-22H2,1-12H3,(H2,41,43,44,47,48)(H2,42,45,46,49,50). The van der Waals surface area contributed by atoms with Crippen LogP contribution in [0, 0.1) is 11.3 Å². The molecule has 56 heavy (non-hydrogen) atoms. The highest BCUT2D eigenvalue weighted by Gasteiger charge is 2.22. The molecule has 2 aromatic rings. The number of aliphatic imine (C=N–C) groups is 2. The quantitative estimate of drug-likeness (QED) is 0.0892. The number of hydrogen-bond acceptors (Lipinski definition) is 11. The molecule has 306 valence electrons. The SMILES string of the molecule is CC(C)(C)OC(=O)/N=C(/NCCOc1cc(-c2ccccc2OCCN/C(=N/C(=O)OC(C)(C)C)NC(=O)OC(C)(C)C)ccc1C#N)NC(=O)OC(C)(C)C. The van der Waals surface area contributed by atoms with Gasteiger partial charge in [0.05, 0.1) is 18.7 Å². The van der Waals surface area contributed by atoms with E-state index in [4.69, 9.17) is 28.4 Å². The van der Waals surface area contributed by atoms with Crippen molar-refractivity contribution in [3.8, 4) is 28.7 Å². The lowest BCUT2D eigenvalue weighted by molar-refractivity contribution is 0.0542. The van der Waals surface area contributed by atoms with Gasteiger partial charge in [-0.25, -0.2) is 19.2 Å². The fourth-order valence-corrected chi connectivity index (χ4v) is 4.17. The van der Waals surface area contributed by atoms with Crippen LogP contribution in [0.2, 0.25) is 0 Å². The number of alkyl carbamates (subject to hydrolysis) is 2. The molecule has 0 radical (unpaired) electrons. The number of amides is 4. The van der Waals surface area contributed by atoms with E-state index in [1.165, 1.54) is 0 Å². The molecule has 0 spiro atoms. The minimum absolute atomic E-state index is 0.00417. The van der Waals surface area contributed by atoms with Crippen LogP contribution < -0.4 is 30.7 Å². The van der Waals surface area contributed by atoms with Crippen molar-refractivity contribution < 1.29 is 47.6 Å². The summed E-state index contributed by atoms with van der Waals surface area (Å²) in [5.74, 6) is 0.368. The number of benzene rings is 2. The zero-order valence-electron chi connectivity index (χ0n) is 34.3. The highest BCUT2D eigenvalue weighted by Crippen LogP contribution is 2.33. The van der Waals surface area contributed by atoms with Gasteiger partial charge in [0.15, 0.2) is 0 Å². The Hall–Kier alpha value is -6.05. The first kappa shape index (κ1) is 46.1. The first-order chi connectivity index (χ1) is 25.8. The number of ether oxygens (including phenoxy) is 6. The van der Waals surface area contributed by atoms with E-state index in [-0.39, 0.29) is 49.5 Å². The maximum absolute atomic E-state index is 12.4. The maximum atomic E-state index is 12.4. The van der Waals surface area contributed by atoms with E-state index in [0.717, 1.165) is 0 Å². The summed E-state index contributed by atoms with van der Waals surface area (Å²) in [6, 6.07) is 14.4. The number of rotatable bonds is 9. The van der Waals surface area contributed by atoms with Crippen molar-refractivity contribution in [2.75, 3.05) is 26.3 Å². The lowest BCUT2D eigenvalue weighted by Crippen LogP contribution is -2.45. The third-order valence-corrected chi connectivity index (χ3v) is 6.04. The topological polar surface area (TPSA) is 220 Å². The molecule has 0 atom stereocenters. The van der Waals surface area contributed by atoms with Crippen molar-refractivity contribution in [2.24, 2.45) is 9.98 Å². The number of carbonyl (C=O) groups is 4. The molecule has 2 rings (SSSR count). The maximum Gasteiger partial charge on any atom is 0.437 e. The molecule has 17 nitrogen and oxygen atoms in total. The van der Waals surface area contributed by atoms with Crippen LogP contribution in [0.5, 0.6) is 11.5 Å². The molecule has 0 heterocycles. The Bertz CT molecular complexity index is 1790. The highest BCUT2D eigenvalue weighted by atomic mass is 16.6. The van der Waals surface area contributed by atoms with E-state index in [9.17, 15) is 24.4 Å². The Balaban J connectivity index is 2.17. The van der Waals surface area contributed by atoms with Crippen LogP contribution in [0.1, 0.15) is 88.6 Å². The molecule has 2 aromatic carbocycles. The molecule has 0 aromatic heterocycles. The average Bonchev–Trinajstić information content (AvgIpc) is 3.01. The molecule has 4 N–H and O–H groups in total. The molecule has 0 aliphatic carbocycles. The third-order valence-electron chi connectivity index (χ3n) is 6.04. The summed E-state index contributed by atoms with van der Waals surface area (Å²) in [7, 11) is 0. The van der Waals surface area contributed by atoms with Gasteiger partial charge in [0, 0.05) is 5.56 Å². The third kappa shape index (κ3) is 19.3. The highest BCUT2D eigenvalue weighted by molar-refractivity contribution is 5.99. The van der Waals surface area contributed by atoms with Crippen LogP contribution in [-0.4, -0.2) is 85.0 Å². The first-order valence-corrected chi connectivity index (χ1v) is 17.8. The second-order valence-corrected chi connectivity index (χ2v) is 16.0. The molecular weight excluding hydrogens is 726 g/mol. The van der Waals surface area contributed by atoms with Crippen LogP contribution in [0.3, 0.4) is 0 Å². The fraction of sp³-hybridized carbons (Fsp3) is 0.513. The first-order valence-electron chi connectivity index (χ1n) is 17.8. The van der Waals surface area contributed by atoms with Gasteiger partial charge < -0.3 is 39.1 Å². The molecule has 0 saturated heterocycles. The Labute approximate surface area is 328 Å². The summed E-state index contributed by atoms with van der Waals surface area (Å²) in [5.41, 5.74) is -1.59. The van der Waals surface area contributed by atoms with Crippen molar-refractivity contribution in [1.29, 1.82) is 5.26 Å². The number of hydrogen-bond donors (Lipinski definition) is 4. The summed E-state index contributed by atoms with van der Waals surface area (Å²) >= 11 is 0. The van der Waals surface area contributed by atoms with Gasteiger partial charge in [-0.05, 0) is 107 Å². The molecule has 0 unspecified atom stereocenters. The molecule has 0 bridgehead atoms. The van der Waals surface area contributed by atoms with Gasteiger partial charge in [-0.2, -0.15) is 5.26 Å². The van der Waals surface area contributed by atoms with Crippen molar-refractivity contribution >= 4 is 36.3 Å². The van der Waals surface area contributed by atoms with Crippen molar-refractivity contribution in [3.63, 3.8) is 0 Å². The predicted octanol–water partition coefficient (Wildman–Crippen LogP) is 6.79. The van der Waals surface area contributed by atoms with Crippen molar-refractivity contribution in [3.05, 3.63) is 48.0 Å². The molecule has 0 saturated carbocycles. The number of nitrogens with one attached hydrogen (secondary N) is 4. The van der Waals surface area contributed by atoms with E-state index >= 15 is 0 Å². The fourth-order valence-electron chi connectivity index (χ4n) is 4.17. The minimum atomic E-state index is -0.931. The van der Waals surface area contributed by atoms with Crippen LogP contribution in [-0.2, 0) is 18.9 Å². The molecule has 0 aliphatic heterocycles. The summed E-state index contributed by atoms with van der Waals surface area (Å²) in [6.07, 6.45) is -3.50. The summed E-state index contributed by atoms with van der Waals surface area (Å²) in [4.78, 5) is 57.3. The molecular formula is C39H55N7O10.